The molecule has 0 bridgehead atoms. The van der Waals surface area contributed by atoms with Crippen molar-refractivity contribution in [3.05, 3.63) is 29.8 Å². The topological polar surface area (TPSA) is 9.23 Å². The molecule has 1 rings (SSSR count). The van der Waals surface area contributed by atoms with Gasteiger partial charge in [0.25, 0.3) is 0 Å². The van der Waals surface area contributed by atoms with Gasteiger partial charge in [0.2, 0.25) is 0 Å². The maximum atomic E-state index is 5.75. The van der Waals surface area contributed by atoms with E-state index in [-0.39, 0.29) is 0 Å². The number of hydrogen-bond donors (Lipinski definition) is 0. The minimum Gasteiger partial charge on any atom is -0.493 e. The first-order valence-electron chi connectivity index (χ1n) is 6.01. The molecule has 0 spiro atoms. The lowest BCUT2D eigenvalue weighted by Crippen LogP contribution is -2.01. The molecule has 1 heteroatoms. The van der Waals surface area contributed by atoms with E-state index in [4.69, 9.17) is 4.74 Å². The van der Waals surface area contributed by atoms with Crippen LogP contribution in [0.15, 0.2) is 24.3 Å². The van der Waals surface area contributed by atoms with Crippen LogP contribution >= 0.6 is 0 Å². The lowest BCUT2D eigenvalue weighted by Gasteiger charge is -2.16. The summed E-state index contributed by atoms with van der Waals surface area (Å²) in [6.45, 7) is 7.46. The minimum atomic E-state index is 0.600. The average molecular weight is 206 g/mol. The highest BCUT2D eigenvalue weighted by Crippen LogP contribution is 2.29. The molecule has 1 nitrogen and oxygen atoms in total. The summed E-state index contributed by atoms with van der Waals surface area (Å²) in [5.41, 5.74) is 1.35. The van der Waals surface area contributed by atoms with E-state index in [1.165, 1.54) is 18.4 Å². The maximum Gasteiger partial charge on any atom is 0.122 e. The standard InChI is InChI=1S/C14H22O/c1-4-8-12(3)13-9-6-7-10-14(13)15-11-5-2/h6-7,9-10,12H,4-5,8,11H2,1-3H3. The average Bonchev–Trinajstić information content (AvgIpc) is 2.27. The molecule has 0 heterocycles. The van der Waals surface area contributed by atoms with Crippen molar-refractivity contribution >= 4 is 0 Å². The van der Waals surface area contributed by atoms with Crippen molar-refractivity contribution in [2.45, 2.75) is 46.0 Å². The van der Waals surface area contributed by atoms with Crippen LogP contribution in [0.2, 0.25) is 0 Å². The molecule has 0 radical (unpaired) electrons. The lowest BCUT2D eigenvalue weighted by molar-refractivity contribution is 0.312. The van der Waals surface area contributed by atoms with Crippen LogP contribution in [0.25, 0.3) is 0 Å². The first-order chi connectivity index (χ1) is 7.29. The molecule has 0 saturated heterocycles. The molecule has 1 atom stereocenters. The molecule has 0 aliphatic heterocycles. The maximum absolute atomic E-state index is 5.75. The van der Waals surface area contributed by atoms with Gasteiger partial charge in [-0.2, -0.15) is 0 Å². The Morgan fingerprint density at radius 3 is 2.53 bits per heavy atom. The van der Waals surface area contributed by atoms with Crippen molar-refractivity contribution in [3.63, 3.8) is 0 Å². The largest absolute Gasteiger partial charge is 0.493 e. The second kappa shape index (κ2) is 6.49. The van der Waals surface area contributed by atoms with E-state index in [1.807, 2.05) is 6.07 Å². The highest BCUT2D eigenvalue weighted by molar-refractivity contribution is 5.35. The number of rotatable bonds is 6. The van der Waals surface area contributed by atoms with Crippen molar-refractivity contribution in [1.82, 2.24) is 0 Å². The SMILES string of the molecule is CCCOc1ccccc1C(C)CCC. The second-order valence-electron chi connectivity index (χ2n) is 4.08. The predicted octanol–water partition coefficient (Wildman–Crippen LogP) is 4.38. The van der Waals surface area contributed by atoms with Crippen molar-refractivity contribution < 1.29 is 4.74 Å². The molecule has 84 valence electrons. The molecule has 1 unspecified atom stereocenters. The summed E-state index contributed by atoms with van der Waals surface area (Å²) in [6, 6.07) is 8.41. The van der Waals surface area contributed by atoms with E-state index >= 15 is 0 Å². The van der Waals surface area contributed by atoms with Crippen molar-refractivity contribution in [2.75, 3.05) is 6.61 Å². The van der Waals surface area contributed by atoms with E-state index in [1.54, 1.807) is 0 Å². The van der Waals surface area contributed by atoms with Crippen molar-refractivity contribution in [2.24, 2.45) is 0 Å². The second-order valence-corrected chi connectivity index (χ2v) is 4.08. The fraction of sp³-hybridized carbons (Fsp3) is 0.571. The van der Waals surface area contributed by atoms with Gasteiger partial charge in [0, 0.05) is 0 Å². The zero-order valence-electron chi connectivity index (χ0n) is 10.1. The van der Waals surface area contributed by atoms with E-state index in [9.17, 15) is 0 Å². The first-order valence-corrected chi connectivity index (χ1v) is 6.01. The Labute approximate surface area is 93.5 Å². The van der Waals surface area contributed by atoms with Crippen LogP contribution in [0.3, 0.4) is 0 Å². The molecule has 0 aromatic heterocycles. The molecule has 0 amide bonds. The van der Waals surface area contributed by atoms with Gasteiger partial charge in [0.1, 0.15) is 5.75 Å². The smallest absolute Gasteiger partial charge is 0.122 e. The third-order valence-electron chi connectivity index (χ3n) is 2.63. The minimum absolute atomic E-state index is 0.600. The van der Waals surface area contributed by atoms with Crippen LogP contribution in [0.4, 0.5) is 0 Å². The van der Waals surface area contributed by atoms with Crippen molar-refractivity contribution in [1.29, 1.82) is 0 Å². The molecular weight excluding hydrogens is 184 g/mol. The van der Waals surface area contributed by atoms with Crippen LogP contribution in [0, 0.1) is 0 Å². The Hall–Kier alpha value is -0.980. The third kappa shape index (κ3) is 3.58. The molecule has 0 N–H and O–H groups in total. The van der Waals surface area contributed by atoms with Gasteiger partial charge >= 0.3 is 0 Å². The molecule has 1 aromatic carbocycles. The zero-order valence-corrected chi connectivity index (χ0v) is 10.1. The fourth-order valence-corrected chi connectivity index (χ4v) is 1.82. The number of hydrogen-bond acceptors (Lipinski definition) is 1. The summed E-state index contributed by atoms with van der Waals surface area (Å²) in [5.74, 6) is 1.67. The van der Waals surface area contributed by atoms with Crippen LogP contribution < -0.4 is 4.74 Å². The van der Waals surface area contributed by atoms with Crippen molar-refractivity contribution in [3.8, 4) is 5.75 Å². The molecule has 0 saturated carbocycles. The summed E-state index contributed by atoms with van der Waals surface area (Å²) in [7, 11) is 0. The Kier molecular flexibility index (Phi) is 5.23. The Balaban J connectivity index is 2.75. The van der Waals surface area contributed by atoms with E-state index in [0.717, 1.165) is 18.8 Å². The Morgan fingerprint density at radius 1 is 1.13 bits per heavy atom. The van der Waals surface area contributed by atoms with Gasteiger partial charge in [-0.05, 0) is 30.4 Å². The van der Waals surface area contributed by atoms with Gasteiger partial charge in [0.15, 0.2) is 0 Å². The Bertz CT molecular complexity index is 280. The van der Waals surface area contributed by atoms with Gasteiger partial charge in [-0.15, -0.1) is 0 Å². The third-order valence-corrected chi connectivity index (χ3v) is 2.63. The molecule has 0 aliphatic carbocycles. The predicted molar refractivity (Wildman–Crippen MR) is 65.6 cm³/mol. The number of para-hydroxylation sites is 1. The van der Waals surface area contributed by atoms with Crippen LogP contribution in [-0.4, -0.2) is 6.61 Å². The Morgan fingerprint density at radius 2 is 1.87 bits per heavy atom. The number of benzene rings is 1. The summed E-state index contributed by atoms with van der Waals surface area (Å²) < 4.78 is 5.75. The quantitative estimate of drug-likeness (QED) is 0.671. The van der Waals surface area contributed by atoms with Gasteiger partial charge in [-0.25, -0.2) is 0 Å². The monoisotopic (exact) mass is 206 g/mol. The normalized spacial score (nSPS) is 12.5. The highest BCUT2D eigenvalue weighted by atomic mass is 16.5. The zero-order chi connectivity index (χ0) is 11.1. The lowest BCUT2D eigenvalue weighted by atomic mass is 9.96. The van der Waals surface area contributed by atoms with Crippen LogP contribution in [-0.2, 0) is 0 Å². The van der Waals surface area contributed by atoms with Gasteiger partial charge < -0.3 is 4.74 Å². The highest BCUT2D eigenvalue weighted by Gasteiger charge is 2.09. The molecule has 0 fully saturated rings. The van der Waals surface area contributed by atoms with E-state index in [0.29, 0.717) is 5.92 Å². The fourth-order valence-electron chi connectivity index (χ4n) is 1.82. The van der Waals surface area contributed by atoms with Gasteiger partial charge in [-0.3, -0.25) is 0 Å². The summed E-state index contributed by atoms with van der Waals surface area (Å²) in [4.78, 5) is 0. The van der Waals surface area contributed by atoms with Crippen LogP contribution in [0.1, 0.15) is 51.5 Å². The summed E-state index contributed by atoms with van der Waals surface area (Å²) in [5, 5.41) is 0. The van der Waals surface area contributed by atoms with E-state index < -0.39 is 0 Å². The van der Waals surface area contributed by atoms with E-state index in [2.05, 4.69) is 39.0 Å². The molecule has 15 heavy (non-hydrogen) atoms. The van der Waals surface area contributed by atoms with Gasteiger partial charge in [0.05, 0.1) is 6.61 Å². The summed E-state index contributed by atoms with van der Waals surface area (Å²) in [6.07, 6.45) is 3.52. The molecule has 0 aliphatic rings. The van der Waals surface area contributed by atoms with Crippen LogP contribution in [0.5, 0.6) is 5.75 Å². The number of ether oxygens (including phenoxy) is 1. The summed E-state index contributed by atoms with van der Waals surface area (Å²) >= 11 is 0. The first kappa shape index (κ1) is 12.1. The molecule has 1 aromatic rings. The molecular formula is C14H22O. The van der Waals surface area contributed by atoms with Gasteiger partial charge in [-0.1, -0.05) is 45.4 Å².